The molecule has 1 rings (SSSR count). The summed E-state index contributed by atoms with van der Waals surface area (Å²) in [6, 6.07) is 0. The van der Waals surface area contributed by atoms with Gasteiger partial charge in [-0.3, -0.25) is 4.79 Å². The molecule has 14 heavy (non-hydrogen) atoms. The molecule has 0 radical (unpaired) electrons. The standard InChI is InChI=1S/C8H14BrNO3S/c1-6(2)7-3-8(11)10(4-7)14(12,13)5-9/h6-7H,3-5H2,1-2H3. The first-order chi connectivity index (χ1) is 6.38. The zero-order chi connectivity index (χ0) is 10.9. The Balaban J connectivity index is 2.81. The second-order valence-corrected chi connectivity index (χ2v) is 7.05. The molecular weight excluding hydrogens is 270 g/mol. The van der Waals surface area contributed by atoms with Crippen LogP contribution in [0.4, 0.5) is 0 Å². The molecule has 4 nitrogen and oxygen atoms in total. The van der Waals surface area contributed by atoms with Crippen LogP contribution in [-0.2, 0) is 14.8 Å². The summed E-state index contributed by atoms with van der Waals surface area (Å²) in [5, 5.41) is 0. The van der Waals surface area contributed by atoms with Crippen molar-refractivity contribution in [3.63, 3.8) is 0 Å². The molecule has 1 saturated heterocycles. The van der Waals surface area contributed by atoms with E-state index in [1.54, 1.807) is 0 Å². The van der Waals surface area contributed by atoms with Gasteiger partial charge in [-0.1, -0.05) is 29.8 Å². The molecule has 0 spiro atoms. The second kappa shape index (κ2) is 4.18. The maximum absolute atomic E-state index is 11.4. The van der Waals surface area contributed by atoms with Crippen molar-refractivity contribution < 1.29 is 13.2 Å². The van der Waals surface area contributed by atoms with E-state index in [1.807, 2.05) is 13.8 Å². The van der Waals surface area contributed by atoms with Gasteiger partial charge in [-0.15, -0.1) is 0 Å². The predicted molar refractivity (Wildman–Crippen MR) is 57.4 cm³/mol. The summed E-state index contributed by atoms with van der Waals surface area (Å²) in [7, 11) is -3.41. The van der Waals surface area contributed by atoms with E-state index in [2.05, 4.69) is 15.9 Å². The molecule has 0 bridgehead atoms. The second-order valence-electron chi connectivity index (χ2n) is 3.85. The van der Waals surface area contributed by atoms with E-state index in [4.69, 9.17) is 0 Å². The largest absolute Gasteiger partial charge is 0.274 e. The number of hydrogen-bond donors (Lipinski definition) is 0. The Morgan fingerprint density at radius 3 is 2.50 bits per heavy atom. The van der Waals surface area contributed by atoms with E-state index in [1.165, 1.54) is 0 Å². The van der Waals surface area contributed by atoms with E-state index in [0.29, 0.717) is 18.9 Å². The number of rotatable bonds is 3. The molecule has 1 amide bonds. The van der Waals surface area contributed by atoms with Crippen LogP contribution in [0, 0.1) is 11.8 Å². The van der Waals surface area contributed by atoms with E-state index in [0.717, 1.165) is 4.31 Å². The molecule has 1 heterocycles. The number of halogens is 1. The first-order valence-electron chi connectivity index (χ1n) is 4.47. The quantitative estimate of drug-likeness (QED) is 0.731. The van der Waals surface area contributed by atoms with Crippen molar-refractivity contribution in [2.45, 2.75) is 20.3 Å². The van der Waals surface area contributed by atoms with Crippen LogP contribution in [0.3, 0.4) is 0 Å². The van der Waals surface area contributed by atoms with E-state index < -0.39 is 10.0 Å². The Labute approximate surface area is 92.8 Å². The summed E-state index contributed by atoms with van der Waals surface area (Å²) in [4.78, 5) is 11.4. The van der Waals surface area contributed by atoms with Crippen molar-refractivity contribution in [2.75, 3.05) is 11.2 Å². The van der Waals surface area contributed by atoms with Gasteiger partial charge in [0.2, 0.25) is 15.9 Å². The smallest absolute Gasteiger partial charge is 0.247 e. The van der Waals surface area contributed by atoms with Crippen LogP contribution in [-0.4, -0.2) is 29.8 Å². The minimum Gasteiger partial charge on any atom is -0.274 e. The molecule has 0 aromatic carbocycles. The van der Waals surface area contributed by atoms with Gasteiger partial charge in [0.15, 0.2) is 0 Å². The van der Waals surface area contributed by atoms with Gasteiger partial charge in [0.1, 0.15) is 4.66 Å². The third kappa shape index (κ3) is 2.28. The van der Waals surface area contributed by atoms with Crippen molar-refractivity contribution in [2.24, 2.45) is 11.8 Å². The molecular formula is C8H14BrNO3S. The lowest BCUT2D eigenvalue weighted by Gasteiger charge is -2.16. The van der Waals surface area contributed by atoms with Crippen molar-refractivity contribution in [3.05, 3.63) is 0 Å². The van der Waals surface area contributed by atoms with Gasteiger partial charge in [0, 0.05) is 13.0 Å². The van der Waals surface area contributed by atoms with Crippen molar-refractivity contribution in [3.8, 4) is 0 Å². The zero-order valence-corrected chi connectivity index (χ0v) is 10.6. The zero-order valence-electron chi connectivity index (χ0n) is 8.23. The lowest BCUT2D eigenvalue weighted by atomic mass is 9.95. The number of carbonyl (C=O) groups excluding carboxylic acids is 1. The van der Waals surface area contributed by atoms with Gasteiger partial charge < -0.3 is 0 Å². The molecule has 0 aliphatic carbocycles. The van der Waals surface area contributed by atoms with Crippen molar-refractivity contribution in [1.82, 2.24) is 4.31 Å². The number of nitrogens with zero attached hydrogens (tertiary/aromatic N) is 1. The van der Waals surface area contributed by atoms with Crippen molar-refractivity contribution in [1.29, 1.82) is 0 Å². The molecule has 6 heteroatoms. The molecule has 1 unspecified atom stereocenters. The fourth-order valence-corrected chi connectivity index (χ4v) is 3.14. The average Bonchev–Trinajstić information content (AvgIpc) is 2.48. The number of alkyl halides is 1. The molecule has 82 valence electrons. The Kier molecular flexibility index (Phi) is 3.58. The molecule has 0 saturated carbocycles. The lowest BCUT2D eigenvalue weighted by Crippen LogP contribution is -2.33. The number of hydrogen-bond acceptors (Lipinski definition) is 3. The molecule has 1 aliphatic rings. The molecule has 1 fully saturated rings. The molecule has 1 aliphatic heterocycles. The Morgan fingerprint density at radius 2 is 2.14 bits per heavy atom. The normalized spacial score (nSPS) is 23.6. The predicted octanol–water partition coefficient (Wildman–Crippen LogP) is 1.17. The van der Waals surface area contributed by atoms with Crippen molar-refractivity contribution >= 4 is 31.9 Å². The minimum absolute atomic E-state index is 0.163. The summed E-state index contributed by atoms with van der Waals surface area (Å²) in [5.41, 5.74) is 0. The third-order valence-electron chi connectivity index (χ3n) is 2.53. The van der Waals surface area contributed by atoms with Crippen LogP contribution in [0.2, 0.25) is 0 Å². The van der Waals surface area contributed by atoms with Gasteiger partial charge >= 0.3 is 0 Å². The fraction of sp³-hybridized carbons (Fsp3) is 0.875. The number of carbonyl (C=O) groups is 1. The van der Waals surface area contributed by atoms with Gasteiger partial charge in [0.05, 0.1) is 0 Å². The van der Waals surface area contributed by atoms with Crippen LogP contribution in [0.25, 0.3) is 0 Å². The van der Waals surface area contributed by atoms with Gasteiger partial charge in [-0.05, 0) is 11.8 Å². The Morgan fingerprint density at radius 1 is 1.57 bits per heavy atom. The van der Waals surface area contributed by atoms with Crippen LogP contribution in [0.1, 0.15) is 20.3 Å². The molecule has 0 N–H and O–H groups in total. The van der Waals surface area contributed by atoms with Gasteiger partial charge in [-0.25, -0.2) is 12.7 Å². The van der Waals surface area contributed by atoms with Gasteiger partial charge in [-0.2, -0.15) is 0 Å². The summed E-state index contributed by atoms with van der Waals surface area (Å²) < 4.78 is 23.7. The van der Waals surface area contributed by atoms with Crippen LogP contribution in [0.15, 0.2) is 0 Å². The highest BCUT2D eigenvalue weighted by molar-refractivity contribution is 9.10. The fourth-order valence-electron chi connectivity index (χ4n) is 1.48. The van der Waals surface area contributed by atoms with Crippen LogP contribution >= 0.6 is 15.9 Å². The Bertz CT molecular complexity index is 325. The summed E-state index contributed by atoms with van der Waals surface area (Å²) in [5.74, 6) is 0.231. The summed E-state index contributed by atoms with van der Waals surface area (Å²) >= 11 is 2.88. The third-order valence-corrected chi connectivity index (χ3v) is 5.57. The van der Waals surface area contributed by atoms with E-state index in [9.17, 15) is 13.2 Å². The molecule has 0 aromatic heterocycles. The highest BCUT2D eigenvalue weighted by atomic mass is 79.9. The van der Waals surface area contributed by atoms with Gasteiger partial charge in [0.25, 0.3) is 0 Å². The summed E-state index contributed by atoms with van der Waals surface area (Å²) in [6.07, 6.45) is 0.351. The van der Waals surface area contributed by atoms with E-state index in [-0.39, 0.29) is 16.5 Å². The molecule has 0 aromatic rings. The monoisotopic (exact) mass is 283 g/mol. The SMILES string of the molecule is CC(C)C1CC(=O)N(S(=O)(=O)CBr)C1. The Hall–Kier alpha value is -0.100. The first kappa shape index (κ1) is 12.0. The summed E-state index contributed by atoms with van der Waals surface area (Å²) in [6.45, 7) is 4.34. The van der Waals surface area contributed by atoms with Crippen LogP contribution < -0.4 is 0 Å². The average molecular weight is 284 g/mol. The molecule has 1 atom stereocenters. The van der Waals surface area contributed by atoms with Crippen LogP contribution in [0.5, 0.6) is 0 Å². The number of amides is 1. The lowest BCUT2D eigenvalue weighted by molar-refractivity contribution is -0.123. The maximum atomic E-state index is 11.4. The maximum Gasteiger partial charge on any atom is 0.247 e. The minimum atomic E-state index is -3.41. The first-order valence-corrected chi connectivity index (χ1v) is 7.20. The van der Waals surface area contributed by atoms with E-state index >= 15 is 0 Å². The highest BCUT2D eigenvalue weighted by Gasteiger charge is 2.37. The number of sulfonamides is 1. The topological polar surface area (TPSA) is 54.5 Å². The highest BCUT2D eigenvalue weighted by Crippen LogP contribution is 2.27.